The summed E-state index contributed by atoms with van der Waals surface area (Å²) in [4.78, 5) is 27.3. The lowest BCUT2D eigenvalue weighted by Crippen LogP contribution is -2.48. The molecule has 0 aliphatic heterocycles. The third-order valence-electron chi connectivity index (χ3n) is 3.41. The minimum Gasteiger partial charge on any atom is -0.464 e. The Bertz CT molecular complexity index is 705. The van der Waals surface area contributed by atoms with E-state index in [1.807, 2.05) is 0 Å². The highest BCUT2D eigenvalue weighted by molar-refractivity contribution is 5.84. The smallest absolute Gasteiger partial charge is 0.331 e. The average Bonchev–Trinajstić information content (AvgIpc) is 2.56. The van der Waals surface area contributed by atoms with Crippen molar-refractivity contribution in [1.29, 1.82) is 0 Å². The molecule has 0 fully saturated rings. The van der Waals surface area contributed by atoms with Crippen molar-refractivity contribution in [2.45, 2.75) is 18.9 Å². The van der Waals surface area contributed by atoms with E-state index in [1.54, 1.807) is 37.4 Å². The first-order chi connectivity index (χ1) is 11.0. The van der Waals surface area contributed by atoms with Gasteiger partial charge in [-0.1, -0.05) is 18.2 Å². The van der Waals surface area contributed by atoms with Gasteiger partial charge >= 0.3 is 5.97 Å². The lowest BCUT2D eigenvalue weighted by Gasteiger charge is -2.27. The SMILES string of the molecule is CCOC(=O)C(N)(Cc1ccccn1)c1ccccc1[N+](=O)[O-]. The summed E-state index contributed by atoms with van der Waals surface area (Å²) in [5.41, 5.74) is 5.04. The number of aromatic nitrogens is 1. The third kappa shape index (κ3) is 3.51. The van der Waals surface area contributed by atoms with E-state index in [1.165, 1.54) is 18.2 Å². The van der Waals surface area contributed by atoms with Crippen LogP contribution in [-0.2, 0) is 21.5 Å². The maximum atomic E-state index is 12.4. The predicted octanol–water partition coefficient (Wildman–Crippen LogP) is 1.95. The summed E-state index contributed by atoms with van der Waals surface area (Å²) in [6.45, 7) is 1.78. The largest absolute Gasteiger partial charge is 0.464 e. The van der Waals surface area contributed by atoms with Crippen molar-refractivity contribution in [3.8, 4) is 0 Å². The number of nitrogens with zero attached hydrogens (tertiary/aromatic N) is 2. The molecule has 120 valence electrons. The van der Waals surface area contributed by atoms with Crippen LogP contribution in [0.1, 0.15) is 18.2 Å². The molecule has 1 heterocycles. The topological polar surface area (TPSA) is 108 Å². The molecule has 7 nitrogen and oxygen atoms in total. The quantitative estimate of drug-likeness (QED) is 0.496. The summed E-state index contributed by atoms with van der Waals surface area (Å²) >= 11 is 0. The number of para-hydroxylation sites is 1. The summed E-state index contributed by atoms with van der Waals surface area (Å²) in [6.07, 6.45) is 1.57. The van der Waals surface area contributed by atoms with Crippen molar-refractivity contribution in [2.75, 3.05) is 6.61 Å². The van der Waals surface area contributed by atoms with Crippen LogP contribution in [0.25, 0.3) is 0 Å². The van der Waals surface area contributed by atoms with Gasteiger partial charge in [0.15, 0.2) is 5.54 Å². The fraction of sp³-hybridized carbons (Fsp3) is 0.250. The molecular formula is C16H17N3O4. The fourth-order valence-corrected chi connectivity index (χ4v) is 2.34. The van der Waals surface area contributed by atoms with Gasteiger partial charge in [0.1, 0.15) is 0 Å². The summed E-state index contributed by atoms with van der Waals surface area (Å²) in [7, 11) is 0. The van der Waals surface area contributed by atoms with Gasteiger partial charge in [-0.3, -0.25) is 15.1 Å². The second-order valence-electron chi connectivity index (χ2n) is 4.96. The Hall–Kier alpha value is -2.80. The first-order valence-corrected chi connectivity index (χ1v) is 7.09. The van der Waals surface area contributed by atoms with Gasteiger partial charge in [-0.2, -0.15) is 0 Å². The van der Waals surface area contributed by atoms with E-state index in [2.05, 4.69) is 4.98 Å². The summed E-state index contributed by atoms with van der Waals surface area (Å²) in [5.74, 6) is -0.722. The number of nitro groups is 1. The normalized spacial score (nSPS) is 13.1. The molecule has 0 radical (unpaired) electrons. The standard InChI is InChI=1S/C16H17N3O4/c1-2-23-15(20)16(17,11-12-7-5-6-10-18-12)13-8-3-4-9-14(13)19(21)22/h3-10H,2,11,17H2,1H3. The zero-order valence-electron chi connectivity index (χ0n) is 12.6. The zero-order chi connectivity index (χ0) is 16.9. The molecule has 1 atom stereocenters. The minimum atomic E-state index is -1.69. The Kier molecular flexibility index (Phi) is 5.02. The highest BCUT2D eigenvalue weighted by atomic mass is 16.6. The molecule has 0 bridgehead atoms. The molecule has 2 rings (SSSR count). The number of hydrogen-bond donors (Lipinski definition) is 1. The van der Waals surface area contributed by atoms with Gasteiger partial charge in [0.2, 0.25) is 0 Å². The van der Waals surface area contributed by atoms with Crippen molar-refractivity contribution < 1.29 is 14.5 Å². The van der Waals surface area contributed by atoms with E-state index in [-0.39, 0.29) is 24.3 Å². The summed E-state index contributed by atoms with van der Waals surface area (Å²) in [6, 6.07) is 11.1. The predicted molar refractivity (Wildman–Crippen MR) is 83.5 cm³/mol. The van der Waals surface area contributed by atoms with Gasteiger partial charge in [-0.05, 0) is 25.1 Å². The van der Waals surface area contributed by atoms with E-state index in [0.29, 0.717) is 5.69 Å². The van der Waals surface area contributed by atoms with E-state index in [0.717, 1.165) is 0 Å². The van der Waals surface area contributed by atoms with Gasteiger partial charge in [-0.15, -0.1) is 0 Å². The fourth-order valence-electron chi connectivity index (χ4n) is 2.34. The average molecular weight is 315 g/mol. The van der Waals surface area contributed by atoms with Gasteiger partial charge in [0.25, 0.3) is 5.69 Å². The van der Waals surface area contributed by atoms with Crippen LogP contribution in [0.4, 0.5) is 5.69 Å². The Morgan fingerprint density at radius 3 is 2.61 bits per heavy atom. The molecule has 1 unspecified atom stereocenters. The third-order valence-corrected chi connectivity index (χ3v) is 3.41. The van der Waals surface area contributed by atoms with Crippen LogP contribution in [-0.4, -0.2) is 22.5 Å². The number of pyridine rings is 1. The summed E-state index contributed by atoms with van der Waals surface area (Å²) < 4.78 is 5.05. The molecule has 0 aliphatic carbocycles. The van der Waals surface area contributed by atoms with Gasteiger partial charge in [0, 0.05) is 24.4 Å². The molecule has 2 aromatic rings. The number of ether oxygens (including phenoxy) is 1. The molecule has 7 heteroatoms. The van der Waals surface area contributed by atoms with E-state index in [9.17, 15) is 14.9 Å². The highest BCUT2D eigenvalue weighted by Crippen LogP contribution is 2.31. The molecular weight excluding hydrogens is 298 g/mol. The molecule has 0 saturated heterocycles. The first kappa shape index (κ1) is 16.6. The van der Waals surface area contributed by atoms with E-state index < -0.39 is 16.4 Å². The highest BCUT2D eigenvalue weighted by Gasteiger charge is 2.42. The Labute approximate surface area is 133 Å². The molecule has 0 amide bonds. The van der Waals surface area contributed by atoms with Gasteiger partial charge in [0.05, 0.1) is 17.1 Å². The molecule has 1 aromatic carbocycles. The van der Waals surface area contributed by atoms with Crippen LogP contribution in [0.3, 0.4) is 0 Å². The molecule has 23 heavy (non-hydrogen) atoms. The number of carbonyl (C=O) groups is 1. The monoisotopic (exact) mass is 315 g/mol. The number of hydrogen-bond acceptors (Lipinski definition) is 6. The molecule has 0 aliphatic rings. The van der Waals surface area contributed by atoms with E-state index >= 15 is 0 Å². The van der Waals surface area contributed by atoms with Crippen molar-refractivity contribution >= 4 is 11.7 Å². The van der Waals surface area contributed by atoms with Crippen LogP contribution >= 0.6 is 0 Å². The summed E-state index contributed by atoms with van der Waals surface area (Å²) in [5, 5.41) is 11.3. The second kappa shape index (κ2) is 6.97. The maximum Gasteiger partial charge on any atom is 0.331 e. The Balaban J connectivity index is 2.54. The number of carbonyl (C=O) groups excluding carboxylic acids is 1. The zero-order valence-corrected chi connectivity index (χ0v) is 12.6. The van der Waals surface area contributed by atoms with Crippen LogP contribution in [0.15, 0.2) is 48.7 Å². The first-order valence-electron chi connectivity index (χ1n) is 7.09. The van der Waals surface area contributed by atoms with Crippen molar-refractivity contribution in [2.24, 2.45) is 5.73 Å². The Morgan fingerprint density at radius 1 is 1.30 bits per heavy atom. The lowest BCUT2D eigenvalue weighted by atomic mass is 9.85. The molecule has 0 spiro atoms. The maximum absolute atomic E-state index is 12.4. The van der Waals surface area contributed by atoms with Crippen LogP contribution in [0, 0.1) is 10.1 Å². The second-order valence-corrected chi connectivity index (χ2v) is 4.96. The van der Waals surface area contributed by atoms with Crippen molar-refractivity contribution in [3.05, 3.63) is 70.0 Å². The van der Waals surface area contributed by atoms with E-state index in [4.69, 9.17) is 10.5 Å². The van der Waals surface area contributed by atoms with Gasteiger partial charge in [-0.25, -0.2) is 4.79 Å². The van der Waals surface area contributed by atoms with Crippen LogP contribution in [0.2, 0.25) is 0 Å². The van der Waals surface area contributed by atoms with Crippen molar-refractivity contribution in [1.82, 2.24) is 4.98 Å². The minimum absolute atomic E-state index is 0.00245. The molecule has 0 saturated carbocycles. The molecule has 1 aromatic heterocycles. The number of benzene rings is 1. The number of rotatable bonds is 6. The number of nitro benzene ring substituents is 1. The van der Waals surface area contributed by atoms with Crippen LogP contribution in [0.5, 0.6) is 0 Å². The number of nitrogens with two attached hydrogens (primary N) is 1. The lowest BCUT2D eigenvalue weighted by molar-refractivity contribution is -0.386. The molecule has 2 N–H and O–H groups in total. The Morgan fingerprint density at radius 2 is 2.00 bits per heavy atom. The van der Waals surface area contributed by atoms with Crippen LogP contribution < -0.4 is 5.73 Å². The number of esters is 1. The van der Waals surface area contributed by atoms with Gasteiger partial charge < -0.3 is 10.5 Å². The van der Waals surface area contributed by atoms with Crippen molar-refractivity contribution in [3.63, 3.8) is 0 Å².